The topological polar surface area (TPSA) is 12.5 Å². The second-order valence-corrected chi connectivity index (χ2v) is 2.56. The van der Waals surface area contributed by atoms with E-state index in [1.54, 1.807) is 0 Å². The zero-order valence-electron chi connectivity index (χ0n) is 8.26. The van der Waals surface area contributed by atoms with E-state index in [1.165, 1.54) is 0 Å². The van der Waals surface area contributed by atoms with Gasteiger partial charge in [0.2, 0.25) is 0 Å². The van der Waals surface area contributed by atoms with Crippen LogP contribution >= 0.6 is 0 Å². The van der Waals surface area contributed by atoms with Gasteiger partial charge in [-0.05, 0) is 27.0 Å². The first-order valence-corrected chi connectivity index (χ1v) is 4.93. The van der Waals surface area contributed by atoms with Gasteiger partial charge in [-0.2, -0.15) is 0 Å². The Morgan fingerprint density at radius 3 is 1.73 bits per heavy atom. The van der Waals surface area contributed by atoms with Crippen LogP contribution in [0.15, 0.2) is 12.8 Å². The van der Waals surface area contributed by atoms with Crippen LogP contribution in [0.3, 0.4) is 0 Å². The zero-order valence-corrected chi connectivity index (χ0v) is 10.3. The summed E-state index contributed by atoms with van der Waals surface area (Å²) in [6.07, 6.45) is 1.86. The monoisotopic (exact) mass is 175 g/mol. The van der Waals surface area contributed by atoms with Crippen molar-refractivity contribution in [1.29, 1.82) is 0 Å². The highest BCUT2D eigenvalue weighted by molar-refractivity contribution is 5.97. The lowest BCUT2D eigenvalue weighted by Crippen LogP contribution is -2.14. The molecule has 0 amide bonds. The van der Waals surface area contributed by atoms with Crippen molar-refractivity contribution in [2.45, 2.75) is 20.8 Å². The quantitative estimate of drug-likeness (QED) is 0.585. The summed E-state index contributed by atoms with van der Waals surface area (Å²) in [5, 5.41) is 0. The molecule has 0 heterocycles. The first kappa shape index (κ1) is 13.3. The normalized spacial score (nSPS) is 8.27. The highest BCUT2D eigenvalue weighted by Gasteiger charge is 1.83. The van der Waals surface area contributed by atoms with Gasteiger partial charge in [0, 0.05) is 19.7 Å². The fraction of sp³-hybridized carbons (Fsp3) is 0.750. The van der Waals surface area contributed by atoms with Crippen LogP contribution in [-0.4, -0.2) is 35.1 Å². The first-order chi connectivity index (χ1) is 5.26. The van der Waals surface area contributed by atoms with Crippen molar-refractivity contribution in [3.05, 3.63) is 12.8 Å². The van der Waals surface area contributed by atoms with Crippen molar-refractivity contribution in [2.24, 2.45) is 0 Å². The lowest BCUT2D eigenvalue weighted by Gasteiger charge is -2.12. The average Bonchev–Trinajstić information content (AvgIpc) is 2.08. The van der Waals surface area contributed by atoms with Crippen LogP contribution in [-0.2, 0) is 4.43 Å². The maximum atomic E-state index is 4.68. The van der Waals surface area contributed by atoms with E-state index in [0.717, 1.165) is 30.2 Å². The van der Waals surface area contributed by atoms with Gasteiger partial charge in [0.05, 0.1) is 0 Å². The van der Waals surface area contributed by atoms with Crippen LogP contribution in [0, 0.1) is 0 Å². The van der Waals surface area contributed by atoms with Gasteiger partial charge in [-0.1, -0.05) is 6.58 Å². The summed E-state index contributed by atoms with van der Waals surface area (Å²) in [6, 6.07) is 0. The molecule has 0 aromatic heterocycles. The third-order valence-corrected chi connectivity index (χ3v) is 1.94. The summed E-state index contributed by atoms with van der Waals surface area (Å²) in [4.78, 5) is 2.14. The number of nitrogens with zero attached hydrogens (tertiary/aromatic N) is 1. The third kappa shape index (κ3) is 12.8. The Hall–Kier alpha value is -0.283. The van der Waals surface area contributed by atoms with Crippen molar-refractivity contribution in [1.82, 2.24) is 4.90 Å². The molecule has 0 aliphatic rings. The smallest absolute Gasteiger partial charge is 0.145 e. The molecule has 0 saturated heterocycles. The number of hydrogen-bond donors (Lipinski definition) is 0. The van der Waals surface area contributed by atoms with E-state index in [-0.39, 0.29) is 0 Å². The SMILES string of the molecule is C=CN(CC)CC.CCO[SiH3]. The Labute approximate surface area is 73.8 Å². The molecule has 0 radical (unpaired) electrons. The minimum atomic E-state index is 0.881. The van der Waals surface area contributed by atoms with Crippen molar-refractivity contribution in [3.63, 3.8) is 0 Å². The van der Waals surface area contributed by atoms with E-state index >= 15 is 0 Å². The van der Waals surface area contributed by atoms with Gasteiger partial charge in [0.15, 0.2) is 0 Å². The molecule has 0 spiro atoms. The molecular formula is C8H21NOSi. The molecule has 0 aromatic rings. The standard InChI is InChI=1S/C6H13N.C2H8OSi/c1-4-7(5-2)6-3;1-2-3-4/h4H,1,5-6H2,2-3H3;2H2,1,4H3. The minimum absolute atomic E-state index is 0.881. The van der Waals surface area contributed by atoms with Gasteiger partial charge < -0.3 is 9.33 Å². The predicted octanol–water partition coefficient (Wildman–Crippen LogP) is 0.775. The van der Waals surface area contributed by atoms with Gasteiger partial charge in [0.25, 0.3) is 0 Å². The Kier molecular flexibility index (Phi) is 15.0. The fourth-order valence-electron chi connectivity index (χ4n) is 0.482. The molecule has 3 heteroatoms. The molecule has 2 nitrogen and oxygen atoms in total. The van der Waals surface area contributed by atoms with E-state index in [9.17, 15) is 0 Å². The van der Waals surface area contributed by atoms with E-state index in [2.05, 4.69) is 29.8 Å². The summed E-state index contributed by atoms with van der Waals surface area (Å²) >= 11 is 0. The van der Waals surface area contributed by atoms with Crippen LogP contribution in [0.4, 0.5) is 0 Å². The van der Waals surface area contributed by atoms with Crippen molar-refractivity contribution >= 4 is 10.5 Å². The van der Waals surface area contributed by atoms with E-state index < -0.39 is 0 Å². The molecule has 0 aromatic carbocycles. The third-order valence-electron chi connectivity index (χ3n) is 1.36. The minimum Gasteiger partial charge on any atom is -0.428 e. The zero-order chi connectivity index (χ0) is 9.11. The number of hydrogen-bond acceptors (Lipinski definition) is 2. The van der Waals surface area contributed by atoms with Crippen molar-refractivity contribution < 1.29 is 4.43 Å². The maximum absolute atomic E-state index is 4.68. The Morgan fingerprint density at radius 2 is 1.73 bits per heavy atom. The highest BCUT2D eigenvalue weighted by atomic mass is 28.2. The molecule has 11 heavy (non-hydrogen) atoms. The van der Waals surface area contributed by atoms with Gasteiger partial charge >= 0.3 is 0 Å². The predicted molar refractivity (Wildman–Crippen MR) is 54.7 cm³/mol. The van der Waals surface area contributed by atoms with Crippen molar-refractivity contribution in [2.75, 3.05) is 19.7 Å². The molecule has 0 aliphatic heterocycles. The van der Waals surface area contributed by atoms with Crippen LogP contribution in [0.5, 0.6) is 0 Å². The summed E-state index contributed by atoms with van der Waals surface area (Å²) in [5.41, 5.74) is 0. The molecular weight excluding hydrogens is 154 g/mol. The second kappa shape index (κ2) is 12.4. The molecule has 0 bridgehead atoms. The van der Waals surface area contributed by atoms with E-state index in [4.69, 9.17) is 0 Å². The maximum Gasteiger partial charge on any atom is 0.145 e. The second-order valence-electron chi connectivity index (χ2n) is 1.98. The first-order valence-electron chi connectivity index (χ1n) is 4.12. The molecule has 0 rings (SSSR count). The average molecular weight is 175 g/mol. The Balaban J connectivity index is 0. The molecule has 0 fully saturated rings. The summed E-state index contributed by atoms with van der Waals surface area (Å²) in [5.74, 6) is 0. The molecule has 0 unspecified atom stereocenters. The molecule has 0 N–H and O–H groups in total. The Morgan fingerprint density at radius 1 is 1.36 bits per heavy atom. The lowest BCUT2D eigenvalue weighted by molar-refractivity contribution is 0.375. The highest BCUT2D eigenvalue weighted by Crippen LogP contribution is 1.82. The molecule has 0 atom stereocenters. The van der Waals surface area contributed by atoms with Crippen LogP contribution in [0.2, 0.25) is 0 Å². The van der Waals surface area contributed by atoms with Gasteiger partial charge in [0.1, 0.15) is 10.5 Å². The molecule has 0 aliphatic carbocycles. The van der Waals surface area contributed by atoms with E-state index in [1.807, 2.05) is 13.1 Å². The summed E-state index contributed by atoms with van der Waals surface area (Å²) in [6.45, 7) is 12.9. The largest absolute Gasteiger partial charge is 0.428 e. The van der Waals surface area contributed by atoms with Gasteiger partial charge in [-0.15, -0.1) is 0 Å². The van der Waals surface area contributed by atoms with E-state index in [0.29, 0.717) is 0 Å². The fourth-order valence-corrected chi connectivity index (χ4v) is 0.482. The van der Waals surface area contributed by atoms with Crippen LogP contribution in [0.25, 0.3) is 0 Å². The van der Waals surface area contributed by atoms with Crippen molar-refractivity contribution in [3.8, 4) is 0 Å². The van der Waals surface area contributed by atoms with Gasteiger partial charge in [-0.3, -0.25) is 0 Å². The summed E-state index contributed by atoms with van der Waals surface area (Å²) in [7, 11) is 0.890. The summed E-state index contributed by atoms with van der Waals surface area (Å²) < 4.78 is 4.68. The van der Waals surface area contributed by atoms with Crippen LogP contribution in [0.1, 0.15) is 20.8 Å². The number of rotatable bonds is 4. The van der Waals surface area contributed by atoms with Gasteiger partial charge in [-0.25, -0.2) is 0 Å². The molecule has 0 saturated carbocycles. The lowest BCUT2D eigenvalue weighted by atomic mass is 10.5. The molecule has 68 valence electrons. The Bertz CT molecular complexity index is 72.5. The van der Waals surface area contributed by atoms with Crippen LogP contribution < -0.4 is 0 Å².